The number of H-pyrrole nitrogens is 1. The molecular weight excluding hydrogens is 196 g/mol. The van der Waals surface area contributed by atoms with Gasteiger partial charge in [0.25, 0.3) is 0 Å². The van der Waals surface area contributed by atoms with E-state index in [-0.39, 0.29) is 0 Å². The Morgan fingerprint density at radius 3 is 2.86 bits per heavy atom. The monoisotopic (exact) mass is 212 g/mol. The third-order valence-corrected chi connectivity index (χ3v) is 2.09. The first-order valence-electron chi connectivity index (χ1n) is 4.81. The third-order valence-electron chi connectivity index (χ3n) is 1.88. The first-order valence-corrected chi connectivity index (χ1v) is 5.22. The van der Waals surface area contributed by atoms with Crippen molar-refractivity contribution in [2.24, 2.45) is 0 Å². The zero-order valence-corrected chi connectivity index (χ0v) is 9.65. The standard InChI is InChI=1S/C10H16N2OS/c1-4-13-6-9-11-8(7(2)3)5-10(14)12-9/h5,7H,4,6H2,1-3H3,(H,11,12,14). The summed E-state index contributed by atoms with van der Waals surface area (Å²) < 4.78 is 5.90. The molecule has 0 aliphatic carbocycles. The van der Waals surface area contributed by atoms with E-state index < -0.39 is 0 Å². The van der Waals surface area contributed by atoms with Crippen LogP contribution in [-0.4, -0.2) is 16.6 Å². The number of aromatic nitrogens is 2. The van der Waals surface area contributed by atoms with Crippen LogP contribution in [0.4, 0.5) is 0 Å². The van der Waals surface area contributed by atoms with Crippen LogP contribution in [0.1, 0.15) is 38.2 Å². The van der Waals surface area contributed by atoms with Crippen molar-refractivity contribution in [1.29, 1.82) is 0 Å². The largest absolute Gasteiger partial charge is 0.374 e. The van der Waals surface area contributed by atoms with E-state index >= 15 is 0 Å². The fraction of sp³-hybridized carbons (Fsp3) is 0.600. The molecule has 0 aliphatic heterocycles. The van der Waals surface area contributed by atoms with Gasteiger partial charge < -0.3 is 9.72 Å². The average molecular weight is 212 g/mol. The molecule has 1 heterocycles. The molecule has 0 bridgehead atoms. The zero-order valence-electron chi connectivity index (χ0n) is 8.83. The molecule has 0 spiro atoms. The molecule has 0 radical (unpaired) electrons. The SMILES string of the molecule is CCOCc1nc(=S)cc(C(C)C)[nH]1. The minimum Gasteiger partial charge on any atom is -0.374 e. The maximum Gasteiger partial charge on any atom is 0.134 e. The Morgan fingerprint density at radius 1 is 1.57 bits per heavy atom. The Labute approximate surface area is 89.5 Å². The molecule has 0 aromatic carbocycles. The number of ether oxygens (including phenoxy) is 1. The predicted octanol–water partition coefficient (Wildman–Crippen LogP) is 2.80. The van der Waals surface area contributed by atoms with Crippen molar-refractivity contribution >= 4 is 12.2 Å². The van der Waals surface area contributed by atoms with Crippen LogP contribution in [0.2, 0.25) is 0 Å². The van der Waals surface area contributed by atoms with E-state index in [0.717, 1.165) is 11.5 Å². The third kappa shape index (κ3) is 3.20. The number of aromatic amines is 1. The van der Waals surface area contributed by atoms with E-state index in [2.05, 4.69) is 23.8 Å². The average Bonchev–Trinajstić information content (AvgIpc) is 2.14. The summed E-state index contributed by atoms with van der Waals surface area (Å²) in [7, 11) is 0. The Kier molecular flexibility index (Phi) is 4.22. The van der Waals surface area contributed by atoms with E-state index in [1.165, 1.54) is 0 Å². The summed E-state index contributed by atoms with van der Waals surface area (Å²) in [6, 6.07) is 1.90. The maximum absolute atomic E-state index is 5.27. The summed E-state index contributed by atoms with van der Waals surface area (Å²) >= 11 is 5.07. The fourth-order valence-electron chi connectivity index (χ4n) is 1.11. The molecule has 0 aliphatic rings. The van der Waals surface area contributed by atoms with Crippen molar-refractivity contribution in [2.75, 3.05) is 6.61 Å². The number of rotatable bonds is 4. The van der Waals surface area contributed by atoms with Gasteiger partial charge in [-0.05, 0) is 18.9 Å². The van der Waals surface area contributed by atoms with Gasteiger partial charge in [0, 0.05) is 12.3 Å². The molecule has 1 N–H and O–H groups in total. The molecule has 0 unspecified atom stereocenters. The van der Waals surface area contributed by atoms with Crippen LogP contribution in [0.3, 0.4) is 0 Å². The number of nitrogens with one attached hydrogen (secondary N) is 1. The molecule has 3 nitrogen and oxygen atoms in total. The number of nitrogens with zero attached hydrogens (tertiary/aromatic N) is 1. The Balaban J connectivity index is 2.90. The van der Waals surface area contributed by atoms with Gasteiger partial charge in [-0.1, -0.05) is 26.1 Å². The van der Waals surface area contributed by atoms with Crippen LogP contribution in [0, 0.1) is 4.64 Å². The Hall–Kier alpha value is -0.740. The Morgan fingerprint density at radius 2 is 2.29 bits per heavy atom. The summed E-state index contributed by atoms with van der Waals surface area (Å²) in [5.74, 6) is 1.24. The summed E-state index contributed by atoms with van der Waals surface area (Å²) in [6.45, 7) is 7.38. The van der Waals surface area contributed by atoms with E-state index in [0.29, 0.717) is 23.8 Å². The highest BCUT2D eigenvalue weighted by Gasteiger charge is 2.02. The first kappa shape index (κ1) is 11.3. The summed E-state index contributed by atoms with van der Waals surface area (Å²) in [6.07, 6.45) is 0. The molecule has 0 atom stereocenters. The van der Waals surface area contributed by atoms with Crippen LogP contribution in [0.25, 0.3) is 0 Å². The lowest BCUT2D eigenvalue weighted by Gasteiger charge is -2.08. The lowest BCUT2D eigenvalue weighted by Crippen LogP contribution is -2.03. The molecule has 1 aromatic heterocycles. The summed E-state index contributed by atoms with van der Waals surface area (Å²) in [5, 5.41) is 0. The van der Waals surface area contributed by atoms with Crippen LogP contribution in [0.15, 0.2) is 6.07 Å². The molecule has 1 rings (SSSR count). The lowest BCUT2D eigenvalue weighted by molar-refractivity contribution is 0.128. The number of hydrogen-bond donors (Lipinski definition) is 1. The second-order valence-electron chi connectivity index (χ2n) is 3.41. The van der Waals surface area contributed by atoms with Gasteiger partial charge in [0.15, 0.2) is 0 Å². The van der Waals surface area contributed by atoms with E-state index in [4.69, 9.17) is 17.0 Å². The second kappa shape index (κ2) is 5.22. The lowest BCUT2D eigenvalue weighted by atomic mass is 10.1. The van der Waals surface area contributed by atoms with Crippen molar-refractivity contribution in [3.8, 4) is 0 Å². The minimum atomic E-state index is 0.431. The topological polar surface area (TPSA) is 37.9 Å². The molecule has 0 fully saturated rings. The van der Waals surface area contributed by atoms with Crippen LogP contribution in [0.5, 0.6) is 0 Å². The second-order valence-corrected chi connectivity index (χ2v) is 3.83. The van der Waals surface area contributed by atoms with Crippen molar-refractivity contribution in [1.82, 2.24) is 9.97 Å². The van der Waals surface area contributed by atoms with Gasteiger partial charge in [-0.2, -0.15) is 0 Å². The molecule has 0 saturated carbocycles. The van der Waals surface area contributed by atoms with Gasteiger partial charge >= 0.3 is 0 Å². The highest BCUT2D eigenvalue weighted by molar-refractivity contribution is 7.71. The van der Waals surface area contributed by atoms with E-state index in [9.17, 15) is 0 Å². The summed E-state index contributed by atoms with van der Waals surface area (Å²) in [5.41, 5.74) is 1.11. The smallest absolute Gasteiger partial charge is 0.134 e. The van der Waals surface area contributed by atoms with E-state index in [1.807, 2.05) is 13.0 Å². The van der Waals surface area contributed by atoms with E-state index in [1.54, 1.807) is 0 Å². The van der Waals surface area contributed by atoms with Crippen LogP contribution >= 0.6 is 12.2 Å². The normalized spacial score (nSPS) is 10.9. The highest BCUT2D eigenvalue weighted by atomic mass is 32.1. The molecular formula is C10H16N2OS. The summed E-state index contributed by atoms with van der Waals surface area (Å²) in [4.78, 5) is 7.40. The van der Waals surface area contributed by atoms with Crippen molar-refractivity contribution in [3.63, 3.8) is 0 Å². The van der Waals surface area contributed by atoms with Crippen LogP contribution < -0.4 is 0 Å². The molecule has 14 heavy (non-hydrogen) atoms. The maximum atomic E-state index is 5.27. The molecule has 78 valence electrons. The molecule has 0 saturated heterocycles. The predicted molar refractivity (Wildman–Crippen MR) is 58.8 cm³/mol. The van der Waals surface area contributed by atoms with Crippen molar-refractivity contribution in [2.45, 2.75) is 33.3 Å². The van der Waals surface area contributed by atoms with Gasteiger partial charge in [0.1, 0.15) is 17.1 Å². The van der Waals surface area contributed by atoms with Gasteiger partial charge in [-0.3, -0.25) is 0 Å². The molecule has 0 amide bonds. The number of hydrogen-bond acceptors (Lipinski definition) is 3. The van der Waals surface area contributed by atoms with Gasteiger partial charge in [-0.15, -0.1) is 0 Å². The van der Waals surface area contributed by atoms with Crippen molar-refractivity contribution < 1.29 is 4.74 Å². The van der Waals surface area contributed by atoms with Gasteiger partial charge in [0.2, 0.25) is 0 Å². The highest BCUT2D eigenvalue weighted by Crippen LogP contribution is 2.11. The van der Waals surface area contributed by atoms with Crippen LogP contribution in [-0.2, 0) is 11.3 Å². The van der Waals surface area contributed by atoms with Crippen molar-refractivity contribution in [3.05, 3.63) is 22.2 Å². The van der Waals surface area contributed by atoms with Gasteiger partial charge in [0.05, 0.1) is 0 Å². The zero-order chi connectivity index (χ0) is 10.6. The Bertz CT molecular complexity index is 346. The van der Waals surface area contributed by atoms with Gasteiger partial charge in [-0.25, -0.2) is 4.98 Å². The quantitative estimate of drug-likeness (QED) is 0.780. The first-order chi connectivity index (χ1) is 6.63. The molecule has 4 heteroatoms. The molecule has 1 aromatic rings. The fourth-order valence-corrected chi connectivity index (χ4v) is 1.34. The minimum absolute atomic E-state index is 0.431.